The van der Waals surface area contributed by atoms with Crippen LogP contribution < -0.4 is 5.32 Å². The second kappa shape index (κ2) is 5.86. The van der Waals surface area contributed by atoms with Crippen LogP contribution in [0.2, 0.25) is 0 Å². The van der Waals surface area contributed by atoms with E-state index in [4.69, 9.17) is 0 Å². The summed E-state index contributed by atoms with van der Waals surface area (Å²) in [6.45, 7) is 8.75. The normalized spacial score (nSPS) is 27.4. The summed E-state index contributed by atoms with van der Waals surface area (Å²) in [5.41, 5.74) is 0. The first kappa shape index (κ1) is 11.4. The minimum atomic E-state index is 0.999. The van der Waals surface area contributed by atoms with Gasteiger partial charge in [0.15, 0.2) is 0 Å². The zero-order chi connectivity index (χ0) is 10.5. The summed E-state index contributed by atoms with van der Waals surface area (Å²) in [4.78, 5) is 2.64. The molecule has 0 radical (unpaired) electrons. The van der Waals surface area contributed by atoms with E-state index in [9.17, 15) is 0 Å². The van der Waals surface area contributed by atoms with Crippen LogP contribution in [0.5, 0.6) is 0 Å². The molecule has 0 aromatic carbocycles. The highest BCUT2D eigenvalue weighted by Crippen LogP contribution is 2.27. The van der Waals surface area contributed by atoms with Crippen molar-refractivity contribution in [1.29, 1.82) is 0 Å². The number of hydrogen-bond acceptors (Lipinski definition) is 2. The predicted molar refractivity (Wildman–Crippen MR) is 65.0 cm³/mol. The van der Waals surface area contributed by atoms with E-state index >= 15 is 0 Å². The maximum atomic E-state index is 3.58. The molecule has 1 aliphatic heterocycles. The maximum Gasteiger partial charge on any atom is 0.0107 e. The molecule has 1 saturated heterocycles. The molecule has 15 heavy (non-hydrogen) atoms. The fraction of sp³-hybridized carbons (Fsp3) is 1.00. The molecule has 0 amide bonds. The lowest BCUT2D eigenvalue weighted by atomic mass is 10.0. The van der Waals surface area contributed by atoms with Gasteiger partial charge in [0.05, 0.1) is 0 Å². The van der Waals surface area contributed by atoms with Crippen molar-refractivity contribution in [2.75, 3.05) is 32.7 Å². The van der Waals surface area contributed by atoms with Gasteiger partial charge in [-0.2, -0.15) is 0 Å². The summed E-state index contributed by atoms with van der Waals surface area (Å²) in [7, 11) is 0. The van der Waals surface area contributed by atoms with Crippen LogP contribution in [0.4, 0.5) is 0 Å². The van der Waals surface area contributed by atoms with Gasteiger partial charge in [0.2, 0.25) is 0 Å². The van der Waals surface area contributed by atoms with E-state index in [1.165, 1.54) is 64.8 Å². The van der Waals surface area contributed by atoms with E-state index in [0.29, 0.717) is 0 Å². The van der Waals surface area contributed by atoms with Crippen molar-refractivity contribution in [3.05, 3.63) is 0 Å². The third kappa shape index (κ3) is 4.12. The molecule has 2 fully saturated rings. The molecule has 1 atom stereocenters. The molecule has 0 aromatic rings. The maximum absolute atomic E-state index is 3.58. The minimum absolute atomic E-state index is 0.999. The van der Waals surface area contributed by atoms with Gasteiger partial charge in [-0.3, -0.25) is 0 Å². The highest BCUT2D eigenvalue weighted by Gasteiger charge is 2.22. The number of hydrogen-bond donors (Lipinski definition) is 1. The van der Waals surface area contributed by atoms with Gasteiger partial charge in [-0.05, 0) is 50.6 Å². The van der Waals surface area contributed by atoms with E-state index < -0.39 is 0 Å². The standard InChI is InChI=1S/C13H26N2/c1-2-3-13-6-8-15(11-13)9-7-14-10-12-4-5-12/h12-14H,2-11H2,1H3. The summed E-state index contributed by atoms with van der Waals surface area (Å²) >= 11 is 0. The molecule has 1 aliphatic carbocycles. The van der Waals surface area contributed by atoms with Crippen molar-refractivity contribution < 1.29 is 0 Å². The molecule has 1 heterocycles. The highest BCUT2D eigenvalue weighted by atomic mass is 15.2. The Morgan fingerprint density at radius 3 is 2.80 bits per heavy atom. The first-order valence-corrected chi connectivity index (χ1v) is 6.81. The molecule has 1 unspecified atom stereocenters. The van der Waals surface area contributed by atoms with Crippen LogP contribution in [0.1, 0.15) is 39.0 Å². The Bertz CT molecular complexity index is 177. The van der Waals surface area contributed by atoms with Crippen molar-refractivity contribution in [3.8, 4) is 0 Å². The summed E-state index contributed by atoms with van der Waals surface area (Å²) in [5, 5.41) is 3.58. The summed E-state index contributed by atoms with van der Waals surface area (Å²) in [6.07, 6.45) is 7.17. The smallest absolute Gasteiger partial charge is 0.0107 e. The largest absolute Gasteiger partial charge is 0.315 e. The third-order valence-electron chi connectivity index (χ3n) is 3.80. The second-order valence-corrected chi connectivity index (χ2v) is 5.39. The first-order valence-electron chi connectivity index (χ1n) is 6.81. The van der Waals surface area contributed by atoms with Crippen LogP contribution in [0.25, 0.3) is 0 Å². The fourth-order valence-corrected chi connectivity index (χ4v) is 2.63. The van der Waals surface area contributed by atoms with E-state index in [1.54, 1.807) is 0 Å². The Hall–Kier alpha value is -0.0800. The lowest BCUT2D eigenvalue weighted by Crippen LogP contribution is -2.31. The van der Waals surface area contributed by atoms with Crippen molar-refractivity contribution in [2.45, 2.75) is 39.0 Å². The molecule has 0 aromatic heterocycles. The second-order valence-electron chi connectivity index (χ2n) is 5.39. The molecule has 1 saturated carbocycles. The Morgan fingerprint density at radius 1 is 1.20 bits per heavy atom. The van der Waals surface area contributed by atoms with Gasteiger partial charge in [0.1, 0.15) is 0 Å². The summed E-state index contributed by atoms with van der Waals surface area (Å²) in [5.74, 6) is 2.02. The number of likely N-dealkylation sites (tertiary alicyclic amines) is 1. The molecule has 0 bridgehead atoms. The average Bonchev–Trinajstić information content (AvgIpc) is 2.95. The lowest BCUT2D eigenvalue weighted by molar-refractivity contribution is 0.317. The Balaban J connectivity index is 1.48. The Labute approximate surface area is 94.4 Å². The molecule has 2 heteroatoms. The molecule has 1 N–H and O–H groups in total. The highest BCUT2D eigenvalue weighted by molar-refractivity contribution is 4.77. The molecule has 2 rings (SSSR count). The van der Waals surface area contributed by atoms with Crippen LogP contribution >= 0.6 is 0 Å². The Morgan fingerprint density at radius 2 is 2.07 bits per heavy atom. The van der Waals surface area contributed by atoms with Gasteiger partial charge < -0.3 is 10.2 Å². The zero-order valence-electron chi connectivity index (χ0n) is 10.2. The van der Waals surface area contributed by atoms with Gasteiger partial charge in [-0.15, -0.1) is 0 Å². The predicted octanol–water partition coefficient (Wildman–Crippen LogP) is 2.11. The van der Waals surface area contributed by atoms with Crippen LogP contribution in [0.15, 0.2) is 0 Å². The zero-order valence-corrected chi connectivity index (χ0v) is 10.2. The van der Waals surface area contributed by atoms with Gasteiger partial charge in [0.25, 0.3) is 0 Å². The van der Waals surface area contributed by atoms with Crippen molar-refractivity contribution in [2.24, 2.45) is 11.8 Å². The molecular weight excluding hydrogens is 184 g/mol. The SMILES string of the molecule is CCCC1CCN(CCNCC2CC2)C1. The fourth-order valence-electron chi connectivity index (χ4n) is 2.63. The van der Waals surface area contributed by atoms with Crippen LogP contribution in [-0.2, 0) is 0 Å². The monoisotopic (exact) mass is 210 g/mol. The molecule has 2 aliphatic rings. The average molecular weight is 210 g/mol. The minimum Gasteiger partial charge on any atom is -0.315 e. The molecule has 88 valence electrons. The first-order chi connectivity index (χ1) is 7.38. The van der Waals surface area contributed by atoms with Crippen molar-refractivity contribution >= 4 is 0 Å². The quantitative estimate of drug-likeness (QED) is 0.647. The summed E-state index contributed by atoms with van der Waals surface area (Å²) in [6, 6.07) is 0. The number of rotatable bonds is 7. The lowest BCUT2D eigenvalue weighted by Gasteiger charge is -2.16. The van der Waals surface area contributed by atoms with Gasteiger partial charge >= 0.3 is 0 Å². The van der Waals surface area contributed by atoms with Crippen LogP contribution in [-0.4, -0.2) is 37.6 Å². The molecule has 0 spiro atoms. The van der Waals surface area contributed by atoms with Crippen LogP contribution in [0, 0.1) is 11.8 Å². The van der Waals surface area contributed by atoms with Crippen molar-refractivity contribution in [3.63, 3.8) is 0 Å². The van der Waals surface area contributed by atoms with E-state index in [0.717, 1.165) is 11.8 Å². The number of nitrogens with one attached hydrogen (secondary N) is 1. The number of nitrogens with zero attached hydrogens (tertiary/aromatic N) is 1. The summed E-state index contributed by atoms with van der Waals surface area (Å²) < 4.78 is 0. The van der Waals surface area contributed by atoms with Gasteiger partial charge in [-0.25, -0.2) is 0 Å². The van der Waals surface area contributed by atoms with E-state index in [1.807, 2.05) is 0 Å². The van der Waals surface area contributed by atoms with Crippen molar-refractivity contribution in [1.82, 2.24) is 10.2 Å². The van der Waals surface area contributed by atoms with E-state index in [2.05, 4.69) is 17.1 Å². The third-order valence-corrected chi connectivity index (χ3v) is 3.80. The molecular formula is C13H26N2. The molecule has 2 nitrogen and oxygen atoms in total. The van der Waals surface area contributed by atoms with E-state index in [-0.39, 0.29) is 0 Å². The van der Waals surface area contributed by atoms with Gasteiger partial charge in [0, 0.05) is 19.6 Å². The topological polar surface area (TPSA) is 15.3 Å². The Kier molecular flexibility index (Phi) is 4.45. The van der Waals surface area contributed by atoms with Crippen LogP contribution in [0.3, 0.4) is 0 Å². The van der Waals surface area contributed by atoms with Gasteiger partial charge in [-0.1, -0.05) is 13.3 Å².